The number of rotatable bonds is 4. The summed E-state index contributed by atoms with van der Waals surface area (Å²) in [6.07, 6.45) is -1.96. The number of aliphatic hydroxyl groups excluding tert-OH is 2. The summed E-state index contributed by atoms with van der Waals surface area (Å²) in [5, 5.41) is 19.9. The molecule has 2 unspecified atom stereocenters. The Morgan fingerprint density at radius 2 is 1.94 bits per heavy atom. The van der Waals surface area contributed by atoms with E-state index in [1.807, 2.05) is 0 Å². The van der Waals surface area contributed by atoms with E-state index in [-0.39, 0.29) is 10.9 Å². The Morgan fingerprint density at radius 3 is 2.44 bits per heavy atom. The quantitative estimate of drug-likeness (QED) is 0.870. The van der Waals surface area contributed by atoms with Crippen molar-refractivity contribution in [2.45, 2.75) is 19.1 Å². The first-order chi connectivity index (χ1) is 7.50. The molecule has 0 heterocycles. The van der Waals surface area contributed by atoms with Gasteiger partial charge in [-0.1, -0.05) is 35.5 Å². The Bertz CT molecular complexity index is 353. The van der Waals surface area contributed by atoms with Crippen LogP contribution >= 0.6 is 23.4 Å². The lowest BCUT2D eigenvalue weighted by Gasteiger charge is -2.17. The highest BCUT2D eigenvalue weighted by Gasteiger charge is 2.18. The highest BCUT2D eigenvalue weighted by atomic mass is 35.5. The second kappa shape index (κ2) is 6.25. The minimum atomic E-state index is -0.996. The van der Waals surface area contributed by atoms with Gasteiger partial charge in [0.15, 0.2) is 5.12 Å². The summed E-state index contributed by atoms with van der Waals surface area (Å²) in [5.74, 6) is 0.180. The minimum Gasteiger partial charge on any atom is -0.389 e. The van der Waals surface area contributed by atoms with Crippen LogP contribution in [0, 0.1) is 0 Å². The van der Waals surface area contributed by atoms with Gasteiger partial charge >= 0.3 is 0 Å². The molecule has 0 fully saturated rings. The van der Waals surface area contributed by atoms with Crippen molar-refractivity contribution in [2.75, 3.05) is 5.75 Å². The van der Waals surface area contributed by atoms with Crippen LogP contribution in [0.5, 0.6) is 0 Å². The van der Waals surface area contributed by atoms with E-state index >= 15 is 0 Å². The first kappa shape index (κ1) is 13.5. The van der Waals surface area contributed by atoms with Crippen LogP contribution in [-0.2, 0) is 4.79 Å². The average molecular weight is 261 g/mol. The van der Waals surface area contributed by atoms with Crippen molar-refractivity contribution in [1.29, 1.82) is 0 Å². The zero-order valence-electron chi connectivity index (χ0n) is 8.76. The maximum absolute atomic E-state index is 10.7. The molecule has 0 aliphatic carbocycles. The van der Waals surface area contributed by atoms with E-state index in [0.717, 1.165) is 11.8 Å². The SMILES string of the molecule is CC(=O)SCC(O)C(O)c1ccc(Cl)cc1. The van der Waals surface area contributed by atoms with Gasteiger partial charge in [-0.25, -0.2) is 0 Å². The molecule has 3 nitrogen and oxygen atoms in total. The van der Waals surface area contributed by atoms with Crippen molar-refractivity contribution in [3.05, 3.63) is 34.9 Å². The van der Waals surface area contributed by atoms with Crippen molar-refractivity contribution in [2.24, 2.45) is 0 Å². The number of hydrogen-bond acceptors (Lipinski definition) is 4. The van der Waals surface area contributed by atoms with Crippen LogP contribution in [-0.4, -0.2) is 27.2 Å². The molecule has 0 saturated heterocycles. The molecular weight excluding hydrogens is 248 g/mol. The average Bonchev–Trinajstić information content (AvgIpc) is 2.26. The number of benzene rings is 1. The Balaban J connectivity index is 2.59. The number of aliphatic hydroxyl groups is 2. The van der Waals surface area contributed by atoms with Crippen molar-refractivity contribution >= 4 is 28.5 Å². The molecule has 5 heteroatoms. The van der Waals surface area contributed by atoms with Gasteiger partial charge in [0, 0.05) is 17.7 Å². The predicted molar refractivity (Wildman–Crippen MR) is 65.6 cm³/mol. The van der Waals surface area contributed by atoms with Gasteiger partial charge in [-0.3, -0.25) is 4.79 Å². The van der Waals surface area contributed by atoms with Crippen LogP contribution < -0.4 is 0 Å². The van der Waals surface area contributed by atoms with E-state index in [4.69, 9.17) is 11.6 Å². The van der Waals surface area contributed by atoms with Gasteiger partial charge in [0.05, 0.1) is 6.10 Å². The zero-order valence-corrected chi connectivity index (χ0v) is 10.3. The van der Waals surface area contributed by atoms with E-state index < -0.39 is 12.2 Å². The molecule has 0 aromatic heterocycles. The van der Waals surface area contributed by atoms with Crippen molar-refractivity contribution in [1.82, 2.24) is 0 Å². The van der Waals surface area contributed by atoms with Crippen LogP contribution in [0.2, 0.25) is 5.02 Å². The van der Waals surface area contributed by atoms with Crippen LogP contribution in [0.25, 0.3) is 0 Å². The van der Waals surface area contributed by atoms with E-state index in [1.165, 1.54) is 6.92 Å². The van der Waals surface area contributed by atoms with Crippen LogP contribution in [0.4, 0.5) is 0 Å². The molecule has 0 amide bonds. The Labute approximate surface area is 103 Å². The van der Waals surface area contributed by atoms with Gasteiger partial charge in [-0.2, -0.15) is 0 Å². The monoisotopic (exact) mass is 260 g/mol. The third kappa shape index (κ3) is 4.14. The molecule has 0 aliphatic heterocycles. The number of carbonyl (C=O) groups excluding carboxylic acids is 1. The summed E-state index contributed by atoms with van der Waals surface area (Å²) in [6, 6.07) is 6.58. The van der Waals surface area contributed by atoms with Crippen molar-refractivity contribution in [3.8, 4) is 0 Å². The molecule has 1 aromatic carbocycles. The molecule has 16 heavy (non-hydrogen) atoms. The Morgan fingerprint density at radius 1 is 1.38 bits per heavy atom. The molecule has 1 aromatic rings. The second-order valence-electron chi connectivity index (χ2n) is 3.37. The van der Waals surface area contributed by atoms with Gasteiger partial charge in [0.1, 0.15) is 6.10 Å². The largest absolute Gasteiger partial charge is 0.389 e. The summed E-state index contributed by atoms with van der Waals surface area (Å²) in [5.41, 5.74) is 0.584. The molecule has 2 N–H and O–H groups in total. The fourth-order valence-electron chi connectivity index (χ4n) is 1.18. The molecular formula is C11H13ClO3S. The maximum Gasteiger partial charge on any atom is 0.185 e. The van der Waals surface area contributed by atoms with Crippen molar-refractivity contribution in [3.63, 3.8) is 0 Å². The highest BCUT2D eigenvalue weighted by Crippen LogP contribution is 2.21. The lowest BCUT2D eigenvalue weighted by molar-refractivity contribution is -0.109. The van der Waals surface area contributed by atoms with Gasteiger partial charge in [-0.15, -0.1) is 0 Å². The highest BCUT2D eigenvalue weighted by molar-refractivity contribution is 8.13. The smallest absolute Gasteiger partial charge is 0.185 e. The van der Waals surface area contributed by atoms with Crippen LogP contribution in [0.1, 0.15) is 18.6 Å². The normalized spacial score (nSPS) is 14.5. The van der Waals surface area contributed by atoms with E-state index in [0.29, 0.717) is 10.6 Å². The van der Waals surface area contributed by atoms with Crippen molar-refractivity contribution < 1.29 is 15.0 Å². The molecule has 0 saturated carbocycles. The predicted octanol–water partition coefficient (Wildman–Crippen LogP) is 2.01. The molecule has 1 rings (SSSR count). The molecule has 2 atom stereocenters. The lowest BCUT2D eigenvalue weighted by Crippen LogP contribution is -2.21. The maximum atomic E-state index is 10.7. The van der Waals surface area contributed by atoms with Gasteiger partial charge < -0.3 is 10.2 Å². The number of hydrogen-bond donors (Lipinski definition) is 2. The fourth-order valence-corrected chi connectivity index (χ4v) is 1.89. The van der Waals surface area contributed by atoms with Crippen LogP contribution in [0.3, 0.4) is 0 Å². The number of halogens is 1. The minimum absolute atomic E-state index is 0.0812. The summed E-state index contributed by atoms with van der Waals surface area (Å²) < 4.78 is 0. The topological polar surface area (TPSA) is 57.5 Å². The molecule has 88 valence electrons. The second-order valence-corrected chi connectivity index (χ2v) is 5.00. The summed E-state index contributed by atoms with van der Waals surface area (Å²) in [7, 11) is 0. The lowest BCUT2D eigenvalue weighted by atomic mass is 10.1. The molecule has 0 spiro atoms. The zero-order chi connectivity index (χ0) is 12.1. The van der Waals surface area contributed by atoms with Gasteiger partial charge in [-0.05, 0) is 17.7 Å². The molecule has 0 radical (unpaired) electrons. The van der Waals surface area contributed by atoms with Gasteiger partial charge in [0.2, 0.25) is 0 Å². The number of thioether (sulfide) groups is 1. The summed E-state index contributed by atoms with van der Waals surface area (Å²) in [4.78, 5) is 10.7. The Kier molecular flexibility index (Phi) is 5.28. The molecule has 0 aliphatic rings. The van der Waals surface area contributed by atoms with E-state index in [2.05, 4.69) is 0 Å². The van der Waals surface area contributed by atoms with Crippen LogP contribution in [0.15, 0.2) is 24.3 Å². The van der Waals surface area contributed by atoms with E-state index in [1.54, 1.807) is 24.3 Å². The fraction of sp³-hybridized carbons (Fsp3) is 0.364. The first-order valence-corrected chi connectivity index (χ1v) is 6.12. The third-order valence-corrected chi connectivity index (χ3v) is 3.20. The number of carbonyl (C=O) groups is 1. The molecule has 0 bridgehead atoms. The Hall–Kier alpha value is -0.550. The van der Waals surface area contributed by atoms with E-state index in [9.17, 15) is 15.0 Å². The third-order valence-electron chi connectivity index (χ3n) is 2.03. The summed E-state index contributed by atoms with van der Waals surface area (Å²) in [6.45, 7) is 1.42. The first-order valence-electron chi connectivity index (χ1n) is 4.75. The van der Waals surface area contributed by atoms with Gasteiger partial charge in [0.25, 0.3) is 0 Å². The standard InChI is InChI=1S/C11H13ClO3S/c1-7(13)16-6-10(14)11(15)8-2-4-9(12)5-3-8/h2-5,10-11,14-15H,6H2,1H3. The summed E-state index contributed by atoms with van der Waals surface area (Å²) >= 11 is 6.70.